The van der Waals surface area contributed by atoms with Gasteiger partial charge in [0.25, 0.3) is 11.5 Å². The highest BCUT2D eigenvalue weighted by Crippen LogP contribution is 2.18. The van der Waals surface area contributed by atoms with Crippen LogP contribution in [0, 0.1) is 0 Å². The maximum absolute atomic E-state index is 12.6. The number of benzene rings is 1. The molecule has 1 aliphatic rings. The molecule has 144 valence electrons. The molecule has 0 atom stereocenters. The summed E-state index contributed by atoms with van der Waals surface area (Å²) in [5.74, 6) is 0.0105. The van der Waals surface area contributed by atoms with Crippen LogP contribution >= 0.6 is 11.6 Å². The Hall–Kier alpha value is -2.18. The van der Waals surface area contributed by atoms with Crippen LogP contribution in [0.2, 0.25) is 5.02 Å². The molecule has 1 fully saturated rings. The molecule has 6 nitrogen and oxygen atoms in total. The third-order valence-electron chi connectivity index (χ3n) is 4.72. The summed E-state index contributed by atoms with van der Waals surface area (Å²) in [4.78, 5) is 28.7. The first-order valence-electron chi connectivity index (χ1n) is 9.10. The zero-order valence-electron chi connectivity index (χ0n) is 16.0. The van der Waals surface area contributed by atoms with Gasteiger partial charge in [0, 0.05) is 48.2 Å². The molecule has 0 saturated carbocycles. The molecule has 7 heteroatoms. The zero-order chi connectivity index (χ0) is 19.6. The van der Waals surface area contributed by atoms with Gasteiger partial charge in [0.1, 0.15) is 0 Å². The minimum absolute atomic E-state index is 0.0105. The lowest BCUT2D eigenvalue weighted by atomic mass is 9.92. The van der Waals surface area contributed by atoms with E-state index in [4.69, 9.17) is 11.6 Å². The van der Waals surface area contributed by atoms with Gasteiger partial charge < -0.3 is 4.90 Å². The number of carbonyl (C=O) groups excluding carboxylic acids is 1. The van der Waals surface area contributed by atoms with Crippen LogP contribution in [0.5, 0.6) is 0 Å². The largest absolute Gasteiger partial charge is 0.336 e. The standard InChI is InChI=1S/C20H25ClN4O2/c1-20(2,3)17-8-9-18(26)25(22-17)14-23-10-12-24(13-11-23)19(27)15-4-6-16(21)7-5-15/h4-9H,10-14H2,1-3H3. The van der Waals surface area contributed by atoms with Crippen molar-refractivity contribution in [2.24, 2.45) is 0 Å². The first kappa shape index (κ1) is 19.6. The quantitative estimate of drug-likeness (QED) is 0.811. The topological polar surface area (TPSA) is 58.4 Å². The van der Waals surface area contributed by atoms with E-state index in [0.29, 0.717) is 43.4 Å². The summed E-state index contributed by atoms with van der Waals surface area (Å²) in [6.07, 6.45) is 0. The van der Waals surface area contributed by atoms with Crippen molar-refractivity contribution >= 4 is 17.5 Å². The van der Waals surface area contributed by atoms with E-state index in [1.165, 1.54) is 4.68 Å². The highest BCUT2D eigenvalue weighted by atomic mass is 35.5. The second-order valence-corrected chi connectivity index (χ2v) is 8.30. The molecule has 3 rings (SSSR count). The van der Waals surface area contributed by atoms with Crippen molar-refractivity contribution in [1.82, 2.24) is 19.6 Å². The fraction of sp³-hybridized carbons (Fsp3) is 0.450. The van der Waals surface area contributed by atoms with Crippen molar-refractivity contribution in [3.05, 3.63) is 63.0 Å². The van der Waals surface area contributed by atoms with Crippen LogP contribution in [-0.2, 0) is 12.1 Å². The highest BCUT2D eigenvalue weighted by Gasteiger charge is 2.23. The average Bonchev–Trinajstić information content (AvgIpc) is 2.63. The molecule has 0 bridgehead atoms. The van der Waals surface area contributed by atoms with E-state index in [0.717, 1.165) is 5.69 Å². The molecule has 27 heavy (non-hydrogen) atoms. The summed E-state index contributed by atoms with van der Waals surface area (Å²) in [5.41, 5.74) is 1.31. The molecular weight excluding hydrogens is 364 g/mol. The fourth-order valence-electron chi connectivity index (χ4n) is 3.01. The van der Waals surface area contributed by atoms with E-state index in [1.807, 2.05) is 4.90 Å². The molecule has 2 heterocycles. The maximum Gasteiger partial charge on any atom is 0.267 e. The summed E-state index contributed by atoms with van der Waals surface area (Å²) >= 11 is 5.88. The van der Waals surface area contributed by atoms with E-state index in [2.05, 4.69) is 30.8 Å². The minimum atomic E-state index is -0.112. The lowest BCUT2D eigenvalue weighted by molar-refractivity contribution is 0.0582. The van der Waals surface area contributed by atoms with Gasteiger partial charge in [-0.05, 0) is 30.3 Å². The van der Waals surface area contributed by atoms with Crippen LogP contribution in [0.1, 0.15) is 36.8 Å². The SMILES string of the molecule is CC(C)(C)c1ccc(=O)n(CN2CCN(C(=O)c3ccc(Cl)cc3)CC2)n1. The Labute approximate surface area is 164 Å². The Morgan fingerprint density at radius 2 is 1.67 bits per heavy atom. The summed E-state index contributed by atoms with van der Waals surface area (Å²) in [6, 6.07) is 10.3. The van der Waals surface area contributed by atoms with E-state index < -0.39 is 0 Å². The molecule has 0 radical (unpaired) electrons. The zero-order valence-corrected chi connectivity index (χ0v) is 16.7. The molecule has 1 saturated heterocycles. The Bertz CT molecular complexity index is 863. The number of nitrogens with zero attached hydrogens (tertiary/aromatic N) is 4. The monoisotopic (exact) mass is 388 g/mol. The second-order valence-electron chi connectivity index (χ2n) is 7.86. The molecule has 0 aliphatic carbocycles. The normalized spacial score (nSPS) is 15.8. The van der Waals surface area contributed by atoms with E-state index in [9.17, 15) is 9.59 Å². The van der Waals surface area contributed by atoms with E-state index in [-0.39, 0.29) is 16.9 Å². The van der Waals surface area contributed by atoms with Gasteiger partial charge in [0.15, 0.2) is 0 Å². The van der Waals surface area contributed by atoms with Gasteiger partial charge in [-0.25, -0.2) is 4.68 Å². The first-order valence-corrected chi connectivity index (χ1v) is 9.48. The fourth-order valence-corrected chi connectivity index (χ4v) is 3.13. The van der Waals surface area contributed by atoms with Crippen molar-refractivity contribution in [2.75, 3.05) is 26.2 Å². The summed E-state index contributed by atoms with van der Waals surface area (Å²) in [7, 11) is 0. The molecule has 1 amide bonds. The maximum atomic E-state index is 12.6. The number of halogens is 1. The summed E-state index contributed by atoms with van der Waals surface area (Å²) < 4.78 is 1.51. The van der Waals surface area contributed by atoms with Crippen molar-refractivity contribution in [2.45, 2.75) is 32.9 Å². The van der Waals surface area contributed by atoms with Crippen molar-refractivity contribution in [3.63, 3.8) is 0 Å². The number of amides is 1. The van der Waals surface area contributed by atoms with Gasteiger partial charge >= 0.3 is 0 Å². The Balaban J connectivity index is 1.62. The molecule has 1 aliphatic heterocycles. The molecule has 0 N–H and O–H groups in total. The van der Waals surface area contributed by atoms with Gasteiger partial charge in [0.2, 0.25) is 0 Å². The lowest BCUT2D eigenvalue weighted by Crippen LogP contribution is -2.50. The van der Waals surface area contributed by atoms with Crippen LogP contribution in [0.15, 0.2) is 41.2 Å². The predicted molar refractivity (Wildman–Crippen MR) is 106 cm³/mol. The van der Waals surface area contributed by atoms with Crippen LogP contribution in [0.25, 0.3) is 0 Å². The minimum Gasteiger partial charge on any atom is -0.336 e. The Kier molecular flexibility index (Phi) is 5.67. The number of aromatic nitrogens is 2. The average molecular weight is 389 g/mol. The van der Waals surface area contributed by atoms with Crippen molar-refractivity contribution in [3.8, 4) is 0 Å². The third kappa shape index (κ3) is 4.76. The van der Waals surface area contributed by atoms with Gasteiger partial charge in [-0.3, -0.25) is 14.5 Å². The molecule has 1 aromatic heterocycles. The lowest BCUT2D eigenvalue weighted by Gasteiger charge is -2.34. The van der Waals surface area contributed by atoms with Crippen LogP contribution in [-0.4, -0.2) is 51.7 Å². The second kappa shape index (κ2) is 7.82. The number of rotatable bonds is 3. The van der Waals surface area contributed by atoms with Crippen molar-refractivity contribution in [1.29, 1.82) is 0 Å². The Morgan fingerprint density at radius 3 is 2.26 bits per heavy atom. The number of piperazine rings is 1. The number of hydrogen-bond acceptors (Lipinski definition) is 4. The highest BCUT2D eigenvalue weighted by molar-refractivity contribution is 6.30. The Morgan fingerprint density at radius 1 is 1.04 bits per heavy atom. The molecule has 2 aromatic rings. The van der Waals surface area contributed by atoms with Gasteiger partial charge in [-0.2, -0.15) is 5.10 Å². The first-order chi connectivity index (χ1) is 12.7. The molecule has 1 aromatic carbocycles. The van der Waals surface area contributed by atoms with E-state index in [1.54, 1.807) is 36.4 Å². The van der Waals surface area contributed by atoms with Crippen LogP contribution in [0.4, 0.5) is 0 Å². The van der Waals surface area contributed by atoms with Crippen LogP contribution in [0.3, 0.4) is 0 Å². The molecule has 0 spiro atoms. The smallest absolute Gasteiger partial charge is 0.267 e. The molecule has 0 unspecified atom stereocenters. The molecular formula is C20H25ClN4O2. The summed E-state index contributed by atoms with van der Waals surface area (Å²) in [5, 5.41) is 5.13. The number of hydrogen-bond donors (Lipinski definition) is 0. The summed E-state index contributed by atoms with van der Waals surface area (Å²) in [6.45, 7) is 9.30. The predicted octanol–water partition coefficient (Wildman–Crippen LogP) is 2.61. The van der Waals surface area contributed by atoms with Gasteiger partial charge in [-0.15, -0.1) is 0 Å². The van der Waals surface area contributed by atoms with E-state index >= 15 is 0 Å². The van der Waals surface area contributed by atoms with Crippen LogP contribution < -0.4 is 5.56 Å². The number of carbonyl (C=O) groups is 1. The van der Waals surface area contributed by atoms with Gasteiger partial charge in [-0.1, -0.05) is 32.4 Å². The van der Waals surface area contributed by atoms with Gasteiger partial charge in [0.05, 0.1) is 12.4 Å². The third-order valence-corrected chi connectivity index (χ3v) is 4.97. The van der Waals surface area contributed by atoms with Crippen molar-refractivity contribution < 1.29 is 4.79 Å².